The molecule has 0 spiro atoms. The molecule has 3 rings (SSSR count). The minimum atomic E-state index is -0.0448. The SMILES string of the molecule is CN(C)CCCNC(=O)c1nn(-c2ccccc2)c2c1CCC2. The molecule has 0 aliphatic heterocycles. The molecule has 0 bridgehead atoms. The molecule has 1 aliphatic carbocycles. The summed E-state index contributed by atoms with van der Waals surface area (Å²) in [7, 11) is 4.08. The predicted molar refractivity (Wildman–Crippen MR) is 91.1 cm³/mol. The summed E-state index contributed by atoms with van der Waals surface area (Å²) in [6.07, 6.45) is 3.98. The third kappa shape index (κ3) is 3.45. The van der Waals surface area contributed by atoms with Crippen LogP contribution in [0, 0.1) is 0 Å². The number of hydrogen-bond donors (Lipinski definition) is 1. The fraction of sp³-hybridized carbons (Fsp3) is 0.444. The number of fused-ring (bicyclic) bond motifs is 1. The summed E-state index contributed by atoms with van der Waals surface area (Å²) >= 11 is 0. The van der Waals surface area contributed by atoms with Crippen molar-refractivity contribution in [2.45, 2.75) is 25.7 Å². The molecule has 1 amide bonds. The number of rotatable bonds is 6. The van der Waals surface area contributed by atoms with E-state index in [-0.39, 0.29) is 5.91 Å². The minimum Gasteiger partial charge on any atom is -0.351 e. The molecule has 0 fully saturated rings. The Balaban J connectivity index is 1.77. The average Bonchev–Trinajstić information content (AvgIpc) is 3.14. The highest BCUT2D eigenvalue weighted by Gasteiger charge is 2.26. The summed E-state index contributed by atoms with van der Waals surface area (Å²) in [6, 6.07) is 10.1. The quantitative estimate of drug-likeness (QED) is 0.831. The van der Waals surface area contributed by atoms with Crippen LogP contribution in [0.5, 0.6) is 0 Å². The molecule has 5 heteroatoms. The molecule has 5 nitrogen and oxygen atoms in total. The zero-order valence-corrected chi connectivity index (χ0v) is 13.9. The molecule has 1 N–H and O–H groups in total. The van der Waals surface area contributed by atoms with E-state index in [2.05, 4.69) is 15.3 Å². The fourth-order valence-corrected chi connectivity index (χ4v) is 3.08. The second-order valence-electron chi connectivity index (χ2n) is 6.29. The molecule has 23 heavy (non-hydrogen) atoms. The van der Waals surface area contributed by atoms with Crippen LogP contribution in [0.3, 0.4) is 0 Å². The molecule has 0 radical (unpaired) electrons. The van der Waals surface area contributed by atoms with Crippen molar-refractivity contribution in [3.05, 3.63) is 47.3 Å². The molecule has 1 aromatic carbocycles. The van der Waals surface area contributed by atoms with E-state index in [0.29, 0.717) is 12.2 Å². The number of nitrogens with zero attached hydrogens (tertiary/aromatic N) is 3. The van der Waals surface area contributed by atoms with Crippen LogP contribution in [0.15, 0.2) is 30.3 Å². The van der Waals surface area contributed by atoms with Crippen molar-refractivity contribution in [2.24, 2.45) is 0 Å². The first-order valence-electron chi connectivity index (χ1n) is 8.26. The molecule has 0 atom stereocenters. The second kappa shape index (κ2) is 6.96. The van der Waals surface area contributed by atoms with Crippen molar-refractivity contribution in [3.63, 3.8) is 0 Å². The van der Waals surface area contributed by atoms with Crippen molar-refractivity contribution >= 4 is 5.91 Å². The average molecular weight is 312 g/mol. The summed E-state index contributed by atoms with van der Waals surface area (Å²) in [5.74, 6) is -0.0448. The van der Waals surface area contributed by atoms with E-state index >= 15 is 0 Å². The third-order valence-electron chi connectivity index (χ3n) is 4.21. The van der Waals surface area contributed by atoms with Crippen molar-refractivity contribution < 1.29 is 4.79 Å². The molecule has 0 saturated heterocycles. The Morgan fingerprint density at radius 1 is 1.26 bits per heavy atom. The number of amides is 1. The monoisotopic (exact) mass is 312 g/mol. The van der Waals surface area contributed by atoms with E-state index in [0.717, 1.165) is 43.5 Å². The van der Waals surface area contributed by atoms with Crippen LogP contribution in [-0.4, -0.2) is 47.8 Å². The first-order chi connectivity index (χ1) is 11.2. The Labute approximate surface area is 137 Å². The number of nitrogens with one attached hydrogen (secondary N) is 1. The smallest absolute Gasteiger partial charge is 0.272 e. The highest BCUT2D eigenvalue weighted by atomic mass is 16.1. The van der Waals surface area contributed by atoms with Crippen molar-refractivity contribution in [1.82, 2.24) is 20.0 Å². The van der Waals surface area contributed by atoms with E-state index < -0.39 is 0 Å². The van der Waals surface area contributed by atoms with E-state index in [1.165, 1.54) is 5.69 Å². The molecule has 122 valence electrons. The van der Waals surface area contributed by atoms with E-state index in [1.807, 2.05) is 49.1 Å². The lowest BCUT2D eigenvalue weighted by Crippen LogP contribution is -2.28. The van der Waals surface area contributed by atoms with Crippen molar-refractivity contribution in [1.29, 1.82) is 0 Å². The molecule has 1 aliphatic rings. The maximum absolute atomic E-state index is 12.5. The molecular formula is C18H24N4O. The number of benzene rings is 1. The van der Waals surface area contributed by atoms with Crippen LogP contribution in [0.25, 0.3) is 5.69 Å². The van der Waals surface area contributed by atoms with Gasteiger partial charge in [0.05, 0.1) is 5.69 Å². The van der Waals surface area contributed by atoms with E-state index in [9.17, 15) is 4.79 Å². The third-order valence-corrected chi connectivity index (χ3v) is 4.21. The van der Waals surface area contributed by atoms with Gasteiger partial charge in [-0.25, -0.2) is 4.68 Å². The molecular weight excluding hydrogens is 288 g/mol. The van der Waals surface area contributed by atoms with Gasteiger partial charge in [-0.3, -0.25) is 4.79 Å². The lowest BCUT2D eigenvalue weighted by molar-refractivity contribution is 0.0946. The summed E-state index contributed by atoms with van der Waals surface area (Å²) < 4.78 is 1.94. The standard InChI is InChI=1S/C18H24N4O/c1-21(2)13-7-12-19-18(23)17-15-10-6-11-16(15)22(20-17)14-8-4-3-5-9-14/h3-5,8-9H,6-7,10-13H2,1-2H3,(H,19,23). The topological polar surface area (TPSA) is 50.2 Å². The van der Waals surface area contributed by atoms with Gasteiger partial charge >= 0.3 is 0 Å². The summed E-state index contributed by atoms with van der Waals surface area (Å²) in [5.41, 5.74) is 3.94. The zero-order chi connectivity index (χ0) is 16.2. The number of carbonyl (C=O) groups excluding carboxylic acids is 1. The highest BCUT2D eigenvalue weighted by Crippen LogP contribution is 2.27. The Morgan fingerprint density at radius 3 is 2.78 bits per heavy atom. The van der Waals surface area contributed by atoms with Crippen molar-refractivity contribution in [3.8, 4) is 5.69 Å². The van der Waals surface area contributed by atoms with Gasteiger partial charge in [-0.1, -0.05) is 18.2 Å². The summed E-state index contributed by atoms with van der Waals surface area (Å²) in [6.45, 7) is 1.65. The fourth-order valence-electron chi connectivity index (χ4n) is 3.08. The summed E-state index contributed by atoms with van der Waals surface area (Å²) in [4.78, 5) is 14.6. The van der Waals surface area contributed by atoms with Gasteiger partial charge in [-0.15, -0.1) is 0 Å². The Bertz CT molecular complexity index is 676. The van der Waals surface area contributed by atoms with Gasteiger partial charge in [0.2, 0.25) is 0 Å². The van der Waals surface area contributed by atoms with E-state index in [4.69, 9.17) is 0 Å². The summed E-state index contributed by atoms with van der Waals surface area (Å²) in [5, 5.41) is 7.62. The van der Waals surface area contributed by atoms with Crippen LogP contribution in [-0.2, 0) is 12.8 Å². The Morgan fingerprint density at radius 2 is 2.04 bits per heavy atom. The first-order valence-corrected chi connectivity index (χ1v) is 8.26. The van der Waals surface area contributed by atoms with Crippen LogP contribution in [0.2, 0.25) is 0 Å². The predicted octanol–water partition coefficient (Wildman–Crippen LogP) is 2.04. The maximum atomic E-state index is 12.5. The van der Waals surface area contributed by atoms with Crippen molar-refractivity contribution in [2.75, 3.05) is 27.2 Å². The van der Waals surface area contributed by atoms with Crippen LogP contribution < -0.4 is 5.32 Å². The van der Waals surface area contributed by atoms with Gasteiger partial charge in [0.25, 0.3) is 5.91 Å². The van der Waals surface area contributed by atoms with Crippen LogP contribution >= 0.6 is 0 Å². The number of para-hydroxylation sites is 1. The molecule has 2 aromatic rings. The molecule has 0 saturated carbocycles. The highest BCUT2D eigenvalue weighted by molar-refractivity contribution is 5.94. The lowest BCUT2D eigenvalue weighted by Gasteiger charge is -2.09. The normalized spacial score (nSPS) is 13.3. The van der Waals surface area contributed by atoms with E-state index in [1.54, 1.807) is 0 Å². The minimum absolute atomic E-state index is 0.0448. The zero-order valence-electron chi connectivity index (χ0n) is 13.9. The molecule has 0 unspecified atom stereocenters. The number of carbonyl (C=O) groups is 1. The second-order valence-corrected chi connectivity index (χ2v) is 6.29. The van der Waals surface area contributed by atoms with Gasteiger partial charge < -0.3 is 10.2 Å². The maximum Gasteiger partial charge on any atom is 0.272 e. The van der Waals surface area contributed by atoms with Gasteiger partial charge in [0.1, 0.15) is 0 Å². The molecule has 1 aromatic heterocycles. The van der Waals surface area contributed by atoms with Crippen LogP contribution in [0.1, 0.15) is 34.6 Å². The van der Waals surface area contributed by atoms with Gasteiger partial charge in [-0.2, -0.15) is 5.10 Å². The molecule has 1 heterocycles. The van der Waals surface area contributed by atoms with Gasteiger partial charge in [-0.05, 0) is 58.5 Å². The lowest BCUT2D eigenvalue weighted by atomic mass is 10.2. The van der Waals surface area contributed by atoms with Gasteiger partial charge in [0, 0.05) is 17.8 Å². The largest absolute Gasteiger partial charge is 0.351 e. The number of hydrogen-bond acceptors (Lipinski definition) is 3. The Hall–Kier alpha value is -2.14. The first kappa shape index (κ1) is 15.7. The van der Waals surface area contributed by atoms with Crippen LogP contribution in [0.4, 0.5) is 0 Å². The number of aromatic nitrogens is 2. The Kier molecular flexibility index (Phi) is 4.76. The van der Waals surface area contributed by atoms with Gasteiger partial charge in [0.15, 0.2) is 5.69 Å².